The molecule has 2 aliphatic heterocycles. The predicted molar refractivity (Wildman–Crippen MR) is 92.8 cm³/mol. The Balaban J connectivity index is 1.50. The van der Waals surface area contributed by atoms with Gasteiger partial charge in [-0.1, -0.05) is 6.07 Å². The molecule has 3 heterocycles. The van der Waals surface area contributed by atoms with Crippen LogP contribution in [0.1, 0.15) is 41.1 Å². The van der Waals surface area contributed by atoms with Crippen molar-refractivity contribution < 1.29 is 26.7 Å². The van der Waals surface area contributed by atoms with Gasteiger partial charge in [0.1, 0.15) is 0 Å². The lowest BCUT2D eigenvalue weighted by molar-refractivity contribution is -0.141. The number of carbonyl (C=O) groups is 1. The van der Waals surface area contributed by atoms with Gasteiger partial charge in [0.05, 0.1) is 30.5 Å². The Hall–Kier alpha value is -3.16. The first-order valence-electron chi connectivity index (χ1n) is 9.25. The molecule has 1 aromatic carbocycles. The van der Waals surface area contributed by atoms with Crippen LogP contribution in [0.2, 0.25) is 0 Å². The molecule has 0 aliphatic carbocycles. The summed E-state index contributed by atoms with van der Waals surface area (Å²) in [4.78, 5) is 15.8. The van der Waals surface area contributed by atoms with E-state index in [1.807, 2.05) is 6.19 Å². The predicted octanol–water partition coefficient (Wildman–Crippen LogP) is 3.82. The van der Waals surface area contributed by atoms with Gasteiger partial charge in [0.15, 0.2) is 17.8 Å². The van der Waals surface area contributed by atoms with Crippen LogP contribution < -0.4 is 0 Å². The number of fused-ring (bicyclic) bond motifs is 1. The maximum absolute atomic E-state index is 13.9. The third kappa shape index (κ3) is 3.36. The number of hydrogen-bond donors (Lipinski definition) is 0. The van der Waals surface area contributed by atoms with Crippen molar-refractivity contribution >= 4 is 6.03 Å². The second kappa shape index (κ2) is 7.27. The highest BCUT2D eigenvalue weighted by Crippen LogP contribution is 2.41. The van der Waals surface area contributed by atoms with E-state index in [1.54, 1.807) is 0 Å². The average molecular weight is 425 g/mol. The van der Waals surface area contributed by atoms with E-state index in [2.05, 4.69) is 5.10 Å². The fourth-order valence-electron chi connectivity index (χ4n) is 4.10. The zero-order valence-corrected chi connectivity index (χ0v) is 15.6. The fraction of sp³-hybridized carbons (Fsp3) is 0.421. The first-order valence-corrected chi connectivity index (χ1v) is 9.25. The summed E-state index contributed by atoms with van der Waals surface area (Å²) >= 11 is 0. The van der Waals surface area contributed by atoms with E-state index in [0.717, 1.165) is 11.6 Å². The van der Waals surface area contributed by atoms with Crippen LogP contribution in [-0.4, -0.2) is 38.7 Å². The lowest BCUT2D eigenvalue weighted by Crippen LogP contribution is -2.41. The molecule has 0 spiro atoms. The zero-order chi connectivity index (χ0) is 21.6. The molecule has 0 bridgehead atoms. The third-order valence-corrected chi connectivity index (χ3v) is 5.60. The number of nitrogens with zero attached hydrogens (tertiary/aromatic N) is 5. The number of halogens is 5. The molecule has 0 saturated carbocycles. The van der Waals surface area contributed by atoms with Crippen molar-refractivity contribution in [3.8, 4) is 6.19 Å². The van der Waals surface area contributed by atoms with Crippen LogP contribution in [0.4, 0.5) is 26.7 Å². The molecule has 1 fully saturated rings. The van der Waals surface area contributed by atoms with Crippen LogP contribution in [0.15, 0.2) is 18.3 Å². The summed E-state index contributed by atoms with van der Waals surface area (Å²) in [7, 11) is 0. The summed E-state index contributed by atoms with van der Waals surface area (Å²) in [5.74, 6) is -4.09. The van der Waals surface area contributed by atoms with Crippen LogP contribution >= 0.6 is 0 Å². The molecule has 0 atom stereocenters. The number of carbonyl (C=O) groups excluding carboxylic acids is 1. The number of rotatable bonds is 1. The van der Waals surface area contributed by atoms with Crippen molar-refractivity contribution in [3.05, 3.63) is 52.3 Å². The highest BCUT2D eigenvalue weighted by atomic mass is 19.4. The molecule has 2 aromatic rings. The molecular formula is C19H16F5N5O. The van der Waals surface area contributed by atoms with Crippen LogP contribution in [0.3, 0.4) is 0 Å². The van der Waals surface area contributed by atoms with E-state index in [4.69, 9.17) is 5.26 Å². The van der Waals surface area contributed by atoms with Crippen LogP contribution in [-0.2, 0) is 19.3 Å². The molecule has 1 aromatic heterocycles. The number of nitriles is 1. The van der Waals surface area contributed by atoms with Crippen molar-refractivity contribution in [3.63, 3.8) is 0 Å². The van der Waals surface area contributed by atoms with Gasteiger partial charge in [-0.3, -0.25) is 0 Å². The minimum absolute atomic E-state index is 0.149. The van der Waals surface area contributed by atoms with Gasteiger partial charge in [-0.25, -0.2) is 13.6 Å². The minimum atomic E-state index is -5.02. The Kier molecular flexibility index (Phi) is 4.88. The van der Waals surface area contributed by atoms with Gasteiger partial charge in [-0.2, -0.15) is 28.2 Å². The van der Waals surface area contributed by atoms with Gasteiger partial charge in [0.2, 0.25) is 0 Å². The highest BCUT2D eigenvalue weighted by molar-refractivity contribution is 5.77. The number of likely N-dealkylation sites (tertiary alicyclic amines) is 1. The first-order chi connectivity index (χ1) is 14.2. The molecule has 0 radical (unpaired) electrons. The molecule has 11 heteroatoms. The largest absolute Gasteiger partial charge is 0.419 e. The molecular weight excluding hydrogens is 409 g/mol. The van der Waals surface area contributed by atoms with Crippen molar-refractivity contribution in [2.24, 2.45) is 0 Å². The molecule has 2 aliphatic rings. The number of piperidine rings is 1. The van der Waals surface area contributed by atoms with Gasteiger partial charge < -0.3 is 9.80 Å². The van der Waals surface area contributed by atoms with Gasteiger partial charge in [0.25, 0.3) is 0 Å². The summed E-state index contributed by atoms with van der Waals surface area (Å²) in [6, 6.07) is 1.25. The standard InChI is InChI=1S/C19H16F5N5O/c20-14-2-1-13(16(17(14)21)19(22,23)24)11-3-5-28(6-4-11)18(30)29-15-9-27(10-25)8-12(15)7-26-29/h1-2,7,11H,3-6,8-9H2. The molecule has 4 rings (SSSR count). The van der Waals surface area contributed by atoms with Gasteiger partial charge in [-0.05, 0) is 30.4 Å². The fourth-order valence-corrected chi connectivity index (χ4v) is 4.10. The lowest BCUT2D eigenvalue weighted by Gasteiger charge is -2.33. The summed E-state index contributed by atoms with van der Waals surface area (Å²) in [6.07, 6.45) is -1.14. The number of benzene rings is 1. The second-order valence-electron chi connectivity index (χ2n) is 7.35. The summed E-state index contributed by atoms with van der Waals surface area (Å²) in [5.41, 5.74) is -0.480. The lowest BCUT2D eigenvalue weighted by atomic mass is 9.86. The normalized spacial score (nSPS) is 17.2. The van der Waals surface area contributed by atoms with Crippen molar-refractivity contribution in [1.29, 1.82) is 5.26 Å². The number of amides is 1. The van der Waals surface area contributed by atoms with Gasteiger partial charge >= 0.3 is 12.2 Å². The van der Waals surface area contributed by atoms with Crippen LogP contribution in [0.25, 0.3) is 0 Å². The number of hydrogen-bond acceptors (Lipinski definition) is 4. The zero-order valence-electron chi connectivity index (χ0n) is 15.6. The smallest absolute Gasteiger partial charge is 0.323 e. The highest BCUT2D eigenvalue weighted by Gasteiger charge is 2.41. The Labute approximate surface area is 168 Å². The summed E-state index contributed by atoms with van der Waals surface area (Å²) in [6.45, 7) is 0.933. The molecule has 1 saturated heterocycles. The molecule has 0 N–H and O–H groups in total. The van der Waals surface area contributed by atoms with E-state index >= 15 is 0 Å². The van der Waals surface area contributed by atoms with E-state index in [9.17, 15) is 26.7 Å². The molecule has 158 valence electrons. The minimum Gasteiger partial charge on any atom is -0.323 e. The van der Waals surface area contributed by atoms with Crippen LogP contribution in [0, 0.1) is 23.1 Å². The van der Waals surface area contributed by atoms with E-state index in [0.29, 0.717) is 18.3 Å². The average Bonchev–Trinajstić information content (AvgIpc) is 3.29. The van der Waals surface area contributed by atoms with E-state index in [-0.39, 0.29) is 38.0 Å². The molecule has 6 nitrogen and oxygen atoms in total. The van der Waals surface area contributed by atoms with Gasteiger partial charge in [0, 0.05) is 18.7 Å². The van der Waals surface area contributed by atoms with Gasteiger partial charge in [-0.15, -0.1) is 0 Å². The van der Waals surface area contributed by atoms with E-state index in [1.165, 1.54) is 20.7 Å². The summed E-state index contributed by atoms with van der Waals surface area (Å²) in [5, 5.41) is 13.1. The summed E-state index contributed by atoms with van der Waals surface area (Å²) < 4.78 is 68.4. The topological polar surface area (TPSA) is 65.2 Å². The number of alkyl halides is 3. The Bertz CT molecular complexity index is 1030. The Morgan fingerprint density at radius 2 is 1.87 bits per heavy atom. The van der Waals surface area contributed by atoms with Crippen molar-refractivity contribution in [1.82, 2.24) is 19.6 Å². The molecule has 0 unspecified atom stereocenters. The first kappa shape index (κ1) is 20.1. The maximum atomic E-state index is 13.9. The van der Waals surface area contributed by atoms with Crippen LogP contribution in [0.5, 0.6) is 0 Å². The van der Waals surface area contributed by atoms with Crippen molar-refractivity contribution in [2.45, 2.75) is 38.0 Å². The monoisotopic (exact) mass is 425 g/mol. The Morgan fingerprint density at radius 1 is 1.17 bits per heavy atom. The molecule has 30 heavy (non-hydrogen) atoms. The SMILES string of the molecule is N#CN1Cc2cnn(C(=O)N3CCC(c4ccc(F)c(F)c4C(F)(F)F)CC3)c2C1. The molecule has 1 amide bonds. The van der Waals surface area contributed by atoms with E-state index < -0.39 is 35.3 Å². The maximum Gasteiger partial charge on any atom is 0.419 e. The Morgan fingerprint density at radius 3 is 2.50 bits per heavy atom. The van der Waals surface area contributed by atoms with Crippen molar-refractivity contribution in [2.75, 3.05) is 13.1 Å². The second-order valence-corrected chi connectivity index (χ2v) is 7.35. The third-order valence-electron chi connectivity index (χ3n) is 5.60. The quantitative estimate of drug-likeness (QED) is 0.515. The number of aromatic nitrogens is 2.